The van der Waals surface area contributed by atoms with Crippen molar-refractivity contribution in [2.45, 2.75) is 38.9 Å². The van der Waals surface area contributed by atoms with E-state index in [0.29, 0.717) is 0 Å². The molecule has 2 unspecified atom stereocenters. The lowest BCUT2D eigenvalue weighted by atomic mass is 10.1. The molecule has 0 bridgehead atoms. The van der Waals surface area contributed by atoms with Gasteiger partial charge in [0.1, 0.15) is 12.1 Å². The quantitative estimate of drug-likeness (QED) is 0.731. The average Bonchev–Trinajstić information content (AvgIpc) is 2.37. The standard InChI is InChI=1S/C14H21N3O2/c1-9(2)16-13(18)10(3)17-14(19)12(15)11-7-5-4-6-8-11/h4-10,12H,15H2,1-3H3,(H,16,18)(H,17,19). The van der Waals surface area contributed by atoms with Crippen LogP contribution in [-0.4, -0.2) is 23.9 Å². The Labute approximate surface area is 113 Å². The van der Waals surface area contributed by atoms with Gasteiger partial charge in [0.15, 0.2) is 0 Å². The highest BCUT2D eigenvalue weighted by Gasteiger charge is 2.21. The van der Waals surface area contributed by atoms with Crippen LogP contribution in [0, 0.1) is 0 Å². The summed E-state index contributed by atoms with van der Waals surface area (Å²) in [5.41, 5.74) is 6.56. The van der Waals surface area contributed by atoms with Crippen LogP contribution in [0.4, 0.5) is 0 Å². The maximum atomic E-state index is 11.9. The molecule has 0 aliphatic heterocycles. The van der Waals surface area contributed by atoms with Gasteiger partial charge in [-0.25, -0.2) is 0 Å². The van der Waals surface area contributed by atoms with Gasteiger partial charge < -0.3 is 16.4 Å². The number of carbonyl (C=O) groups excluding carboxylic acids is 2. The lowest BCUT2D eigenvalue weighted by molar-refractivity contribution is -0.129. The van der Waals surface area contributed by atoms with Gasteiger partial charge in [-0.15, -0.1) is 0 Å². The Hall–Kier alpha value is -1.88. The summed E-state index contributed by atoms with van der Waals surface area (Å²) >= 11 is 0. The average molecular weight is 263 g/mol. The number of nitrogens with one attached hydrogen (secondary N) is 2. The van der Waals surface area contributed by atoms with Crippen molar-refractivity contribution in [1.82, 2.24) is 10.6 Å². The van der Waals surface area contributed by atoms with Gasteiger partial charge in [-0.05, 0) is 26.3 Å². The number of hydrogen-bond acceptors (Lipinski definition) is 3. The van der Waals surface area contributed by atoms with Crippen LogP contribution >= 0.6 is 0 Å². The third kappa shape index (κ3) is 4.71. The van der Waals surface area contributed by atoms with E-state index in [1.165, 1.54) is 0 Å². The summed E-state index contributed by atoms with van der Waals surface area (Å²) in [5, 5.41) is 5.34. The normalized spacial score (nSPS) is 13.7. The maximum Gasteiger partial charge on any atom is 0.242 e. The van der Waals surface area contributed by atoms with Gasteiger partial charge in [0, 0.05) is 6.04 Å². The number of carbonyl (C=O) groups is 2. The van der Waals surface area contributed by atoms with E-state index in [2.05, 4.69) is 10.6 Å². The van der Waals surface area contributed by atoms with Crippen molar-refractivity contribution >= 4 is 11.8 Å². The lowest BCUT2D eigenvalue weighted by Gasteiger charge is -2.18. The van der Waals surface area contributed by atoms with Crippen molar-refractivity contribution in [2.24, 2.45) is 5.73 Å². The summed E-state index contributed by atoms with van der Waals surface area (Å²) in [5.74, 6) is -0.582. The molecule has 19 heavy (non-hydrogen) atoms. The van der Waals surface area contributed by atoms with Crippen LogP contribution in [0.5, 0.6) is 0 Å². The zero-order valence-electron chi connectivity index (χ0n) is 11.5. The molecule has 0 spiro atoms. The summed E-state index contributed by atoms with van der Waals surface area (Å²) in [7, 11) is 0. The van der Waals surface area contributed by atoms with Gasteiger partial charge >= 0.3 is 0 Å². The SMILES string of the molecule is CC(C)NC(=O)C(C)NC(=O)C(N)c1ccccc1. The highest BCUT2D eigenvalue weighted by atomic mass is 16.2. The van der Waals surface area contributed by atoms with Crippen molar-refractivity contribution in [3.05, 3.63) is 35.9 Å². The molecule has 5 heteroatoms. The first-order valence-corrected chi connectivity index (χ1v) is 6.33. The molecular weight excluding hydrogens is 242 g/mol. The van der Waals surface area contributed by atoms with E-state index in [4.69, 9.17) is 5.73 Å². The minimum absolute atomic E-state index is 0.0367. The van der Waals surface area contributed by atoms with Crippen LogP contribution in [0.25, 0.3) is 0 Å². The van der Waals surface area contributed by atoms with Crippen molar-refractivity contribution in [3.8, 4) is 0 Å². The molecule has 104 valence electrons. The van der Waals surface area contributed by atoms with Crippen LogP contribution in [0.15, 0.2) is 30.3 Å². The number of benzene rings is 1. The lowest BCUT2D eigenvalue weighted by Crippen LogP contribution is -2.49. The third-order valence-electron chi connectivity index (χ3n) is 2.62. The minimum atomic E-state index is -0.768. The van der Waals surface area contributed by atoms with Gasteiger partial charge in [-0.1, -0.05) is 30.3 Å². The van der Waals surface area contributed by atoms with Gasteiger partial charge in [0.05, 0.1) is 0 Å². The Balaban J connectivity index is 2.57. The maximum absolute atomic E-state index is 11.9. The third-order valence-corrected chi connectivity index (χ3v) is 2.62. The first kappa shape index (κ1) is 15.2. The van der Waals surface area contributed by atoms with Crippen molar-refractivity contribution < 1.29 is 9.59 Å². The molecule has 1 aromatic carbocycles. The van der Waals surface area contributed by atoms with Crippen molar-refractivity contribution in [2.75, 3.05) is 0 Å². The van der Waals surface area contributed by atoms with E-state index in [-0.39, 0.29) is 17.9 Å². The number of rotatable bonds is 5. The fourth-order valence-corrected chi connectivity index (χ4v) is 1.59. The van der Waals surface area contributed by atoms with E-state index in [1.54, 1.807) is 19.1 Å². The molecule has 0 fully saturated rings. The van der Waals surface area contributed by atoms with E-state index >= 15 is 0 Å². The molecule has 0 saturated carbocycles. The van der Waals surface area contributed by atoms with Gasteiger partial charge in [0.2, 0.25) is 11.8 Å². The highest BCUT2D eigenvalue weighted by Crippen LogP contribution is 2.09. The molecule has 1 aromatic rings. The Morgan fingerprint density at radius 2 is 1.58 bits per heavy atom. The van der Waals surface area contributed by atoms with Crippen LogP contribution in [0.1, 0.15) is 32.4 Å². The van der Waals surface area contributed by atoms with E-state index < -0.39 is 12.1 Å². The molecule has 2 amide bonds. The first-order valence-electron chi connectivity index (χ1n) is 6.33. The van der Waals surface area contributed by atoms with E-state index in [0.717, 1.165) is 5.56 Å². The van der Waals surface area contributed by atoms with Crippen LogP contribution in [0.2, 0.25) is 0 Å². The van der Waals surface area contributed by atoms with Gasteiger partial charge in [-0.2, -0.15) is 0 Å². The summed E-state index contributed by atoms with van der Waals surface area (Å²) in [6, 6.07) is 7.71. The number of hydrogen-bond donors (Lipinski definition) is 3. The Morgan fingerprint density at radius 1 is 1.00 bits per heavy atom. The molecule has 5 nitrogen and oxygen atoms in total. The molecule has 1 rings (SSSR count). The molecule has 0 radical (unpaired) electrons. The predicted molar refractivity (Wildman–Crippen MR) is 74.3 cm³/mol. The second kappa shape index (κ2) is 6.89. The van der Waals surface area contributed by atoms with Crippen molar-refractivity contribution in [1.29, 1.82) is 0 Å². The second-order valence-corrected chi connectivity index (χ2v) is 4.78. The molecule has 4 N–H and O–H groups in total. The second-order valence-electron chi connectivity index (χ2n) is 4.78. The molecule has 0 aliphatic carbocycles. The molecule has 0 saturated heterocycles. The largest absolute Gasteiger partial charge is 0.352 e. The zero-order valence-corrected chi connectivity index (χ0v) is 11.5. The van der Waals surface area contributed by atoms with Crippen LogP contribution in [0.3, 0.4) is 0 Å². The van der Waals surface area contributed by atoms with Gasteiger partial charge in [-0.3, -0.25) is 9.59 Å². The van der Waals surface area contributed by atoms with Crippen LogP contribution in [-0.2, 0) is 9.59 Å². The minimum Gasteiger partial charge on any atom is -0.352 e. The topological polar surface area (TPSA) is 84.2 Å². The first-order chi connectivity index (χ1) is 8.91. The van der Waals surface area contributed by atoms with Crippen LogP contribution < -0.4 is 16.4 Å². The molecule has 0 aromatic heterocycles. The summed E-state index contributed by atoms with van der Waals surface area (Å²) in [4.78, 5) is 23.6. The highest BCUT2D eigenvalue weighted by molar-refractivity contribution is 5.90. The Bertz CT molecular complexity index is 432. The summed E-state index contributed by atoms with van der Waals surface area (Å²) < 4.78 is 0. The van der Waals surface area contributed by atoms with Gasteiger partial charge in [0.25, 0.3) is 0 Å². The smallest absolute Gasteiger partial charge is 0.242 e. The zero-order chi connectivity index (χ0) is 14.4. The predicted octanol–water partition coefficient (Wildman–Crippen LogP) is 0.716. The summed E-state index contributed by atoms with van der Waals surface area (Å²) in [6.45, 7) is 5.36. The number of amides is 2. The summed E-state index contributed by atoms with van der Waals surface area (Å²) in [6.07, 6.45) is 0. The number of nitrogens with two attached hydrogens (primary N) is 1. The molecule has 2 atom stereocenters. The molecule has 0 aliphatic rings. The Morgan fingerprint density at radius 3 is 2.11 bits per heavy atom. The van der Waals surface area contributed by atoms with Crippen molar-refractivity contribution in [3.63, 3.8) is 0 Å². The Kier molecular flexibility index (Phi) is 5.51. The fraction of sp³-hybridized carbons (Fsp3) is 0.429. The van der Waals surface area contributed by atoms with E-state index in [9.17, 15) is 9.59 Å². The molecular formula is C14H21N3O2. The monoisotopic (exact) mass is 263 g/mol. The fourth-order valence-electron chi connectivity index (χ4n) is 1.59. The molecule has 0 heterocycles. The van der Waals surface area contributed by atoms with E-state index in [1.807, 2.05) is 32.0 Å².